The summed E-state index contributed by atoms with van der Waals surface area (Å²) >= 11 is 5.89. The van der Waals surface area contributed by atoms with Crippen LogP contribution < -0.4 is 0 Å². The molecule has 2 aromatic carbocycles. The molecule has 2 aromatic rings. The second kappa shape index (κ2) is 7.04. The predicted molar refractivity (Wildman–Crippen MR) is 83.9 cm³/mol. The first-order chi connectivity index (χ1) is 11.6. The van der Waals surface area contributed by atoms with Crippen molar-refractivity contribution < 1.29 is 26.7 Å². The highest BCUT2D eigenvalue weighted by atomic mass is 35.5. The van der Waals surface area contributed by atoms with Crippen molar-refractivity contribution in [2.24, 2.45) is 0 Å². The van der Waals surface area contributed by atoms with E-state index in [9.17, 15) is 21.6 Å². The lowest BCUT2D eigenvalue weighted by Crippen LogP contribution is -2.24. The van der Waals surface area contributed by atoms with Crippen molar-refractivity contribution >= 4 is 21.4 Å². The average molecular weight is 390 g/mol. The Morgan fingerprint density at radius 3 is 2.20 bits per heavy atom. The number of benzene rings is 2. The Hall–Kier alpha value is -2.08. The van der Waals surface area contributed by atoms with E-state index in [0.717, 1.165) is 30.3 Å². The van der Waals surface area contributed by atoms with Crippen LogP contribution in [0.5, 0.6) is 0 Å². The van der Waals surface area contributed by atoms with Crippen LogP contribution in [0.15, 0.2) is 52.3 Å². The summed E-state index contributed by atoms with van der Waals surface area (Å²) in [5.41, 5.74) is -0.0739. The van der Waals surface area contributed by atoms with Gasteiger partial charge in [0.2, 0.25) is 9.84 Å². The highest BCUT2D eigenvalue weighted by Gasteiger charge is 2.40. The van der Waals surface area contributed by atoms with Gasteiger partial charge in [-0.25, -0.2) is 8.42 Å². The zero-order valence-electron chi connectivity index (χ0n) is 12.5. The van der Waals surface area contributed by atoms with E-state index < -0.39 is 28.5 Å². The van der Waals surface area contributed by atoms with Crippen molar-refractivity contribution in [3.8, 4) is 6.07 Å². The Morgan fingerprint density at radius 1 is 1.16 bits per heavy atom. The van der Waals surface area contributed by atoms with Gasteiger partial charge >= 0.3 is 6.18 Å². The zero-order chi connectivity index (χ0) is 18.8. The molecule has 0 bridgehead atoms. The number of sulfone groups is 1. The van der Waals surface area contributed by atoms with Crippen molar-refractivity contribution in [3.63, 3.8) is 0 Å². The lowest BCUT2D eigenvalue weighted by molar-refractivity contribution is -0.158. The van der Waals surface area contributed by atoms with Crippen molar-refractivity contribution in [2.45, 2.75) is 21.9 Å². The van der Waals surface area contributed by atoms with Crippen molar-refractivity contribution in [1.82, 2.24) is 0 Å². The molecular weight excluding hydrogens is 379 g/mol. The summed E-state index contributed by atoms with van der Waals surface area (Å²) in [5, 5.41) is 17.5. The van der Waals surface area contributed by atoms with Gasteiger partial charge < -0.3 is 5.11 Å². The normalized spacial score (nSPS) is 13.3. The lowest BCUT2D eigenvalue weighted by Gasteiger charge is -2.18. The minimum Gasteiger partial charge on any atom is -0.395 e. The molecule has 0 saturated heterocycles. The monoisotopic (exact) mass is 389 g/mol. The van der Waals surface area contributed by atoms with Crippen LogP contribution >= 0.6 is 11.6 Å². The maximum atomic E-state index is 12.8. The van der Waals surface area contributed by atoms with E-state index >= 15 is 0 Å². The molecular formula is C16H11ClF3NO3S. The van der Waals surface area contributed by atoms with Gasteiger partial charge in [-0.15, -0.1) is 0 Å². The minimum absolute atomic E-state index is 0.161. The number of rotatable bonds is 4. The van der Waals surface area contributed by atoms with E-state index in [1.807, 2.05) is 6.07 Å². The van der Waals surface area contributed by atoms with Crippen LogP contribution in [-0.4, -0.2) is 26.3 Å². The molecule has 0 saturated carbocycles. The molecule has 2 rings (SSSR count). The number of nitrogens with zero attached hydrogens (tertiary/aromatic N) is 1. The molecule has 9 heteroatoms. The Kier molecular flexibility index (Phi) is 5.42. The summed E-state index contributed by atoms with van der Waals surface area (Å²) in [7, 11) is -4.06. The molecule has 1 atom stereocenters. The molecule has 0 aliphatic rings. The third-order valence-corrected chi connectivity index (χ3v) is 5.77. The summed E-state index contributed by atoms with van der Waals surface area (Å²) in [6, 6.07) is 9.49. The van der Waals surface area contributed by atoms with Gasteiger partial charge in [0.25, 0.3) is 0 Å². The van der Waals surface area contributed by atoms with Crippen LogP contribution in [0.2, 0.25) is 5.02 Å². The van der Waals surface area contributed by atoms with Crippen LogP contribution in [0.3, 0.4) is 0 Å². The van der Waals surface area contributed by atoms with Gasteiger partial charge in [0.15, 0.2) is 0 Å². The summed E-state index contributed by atoms with van der Waals surface area (Å²) < 4.78 is 63.5. The molecule has 4 nitrogen and oxygen atoms in total. The maximum absolute atomic E-state index is 12.8. The van der Waals surface area contributed by atoms with E-state index in [4.69, 9.17) is 22.0 Å². The lowest BCUT2D eigenvalue weighted by atomic mass is 10.00. The van der Waals surface area contributed by atoms with Crippen molar-refractivity contribution in [2.75, 3.05) is 6.61 Å². The van der Waals surface area contributed by atoms with E-state index in [2.05, 4.69) is 0 Å². The molecule has 0 radical (unpaired) electrons. The predicted octanol–water partition coefficient (Wildman–Crippen LogP) is 3.68. The van der Waals surface area contributed by atoms with Crippen LogP contribution in [0.1, 0.15) is 17.0 Å². The first-order valence-electron chi connectivity index (χ1n) is 6.83. The van der Waals surface area contributed by atoms with Crippen LogP contribution in [-0.2, 0) is 9.84 Å². The third-order valence-electron chi connectivity index (χ3n) is 3.52. The van der Waals surface area contributed by atoms with Gasteiger partial charge in [0.05, 0.1) is 33.1 Å². The number of halogens is 4. The number of nitriles is 1. The molecule has 0 aliphatic carbocycles. The topological polar surface area (TPSA) is 78.2 Å². The molecule has 0 heterocycles. The standard InChI is InChI=1S/C16H11ClF3NO3S/c17-14-7-10(8-21)1-6-15(14)25(23,24)12-4-2-11(3-5-12)13(9-22)16(18,19)20/h1-7,13,22H,9H2. The average Bonchev–Trinajstić information content (AvgIpc) is 2.54. The van der Waals surface area contributed by atoms with Gasteiger partial charge in [-0.2, -0.15) is 18.4 Å². The highest BCUT2D eigenvalue weighted by Crippen LogP contribution is 2.35. The number of hydrogen-bond donors (Lipinski definition) is 1. The van der Waals surface area contributed by atoms with E-state index in [1.54, 1.807) is 0 Å². The number of alkyl halides is 3. The molecule has 132 valence electrons. The second-order valence-corrected chi connectivity index (χ2v) is 7.43. The molecule has 1 N–H and O–H groups in total. The summed E-state index contributed by atoms with van der Waals surface area (Å²) in [6.07, 6.45) is -4.65. The minimum atomic E-state index is -4.65. The molecule has 1 unspecified atom stereocenters. The van der Waals surface area contributed by atoms with E-state index in [-0.39, 0.29) is 25.9 Å². The smallest absolute Gasteiger partial charge is 0.395 e. The largest absolute Gasteiger partial charge is 0.397 e. The van der Waals surface area contributed by atoms with Crippen LogP contribution in [0, 0.1) is 11.3 Å². The SMILES string of the molecule is N#Cc1ccc(S(=O)(=O)c2ccc(C(CO)C(F)(F)F)cc2)c(Cl)c1. The molecule has 0 fully saturated rings. The Bertz CT molecular complexity index is 919. The Balaban J connectivity index is 2.44. The quantitative estimate of drug-likeness (QED) is 0.865. The number of aliphatic hydroxyl groups excluding tert-OH is 1. The molecule has 0 spiro atoms. The van der Waals surface area contributed by atoms with Crippen molar-refractivity contribution in [3.05, 3.63) is 58.6 Å². The van der Waals surface area contributed by atoms with Crippen LogP contribution in [0.25, 0.3) is 0 Å². The first kappa shape index (κ1) is 19.2. The molecule has 0 aromatic heterocycles. The van der Waals surface area contributed by atoms with Gasteiger partial charge in [0, 0.05) is 0 Å². The van der Waals surface area contributed by atoms with Gasteiger partial charge in [-0.3, -0.25) is 0 Å². The van der Waals surface area contributed by atoms with E-state index in [0.29, 0.717) is 0 Å². The fraction of sp³-hybridized carbons (Fsp3) is 0.188. The number of hydrogen-bond acceptors (Lipinski definition) is 4. The summed E-state index contributed by atoms with van der Waals surface area (Å²) in [4.78, 5) is -0.503. The summed E-state index contributed by atoms with van der Waals surface area (Å²) in [5.74, 6) is -2.09. The van der Waals surface area contributed by atoms with Gasteiger partial charge in [-0.1, -0.05) is 23.7 Å². The second-order valence-electron chi connectivity index (χ2n) is 5.11. The highest BCUT2D eigenvalue weighted by molar-refractivity contribution is 7.91. The zero-order valence-corrected chi connectivity index (χ0v) is 14.0. The van der Waals surface area contributed by atoms with Crippen LogP contribution in [0.4, 0.5) is 13.2 Å². The fourth-order valence-corrected chi connectivity index (χ4v) is 3.99. The van der Waals surface area contributed by atoms with Gasteiger partial charge in [-0.05, 0) is 35.9 Å². The molecule has 0 aliphatic heterocycles. The van der Waals surface area contributed by atoms with Gasteiger partial charge in [0.1, 0.15) is 5.92 Å². The third kappa shape index (κ3) is 3.95. The molecule has 0 amide bonds. The molecule has 25 heavy (non-hydrogen) atoms. The maximum Gasteiger partial charge on any atom is 0.397 e. The Morgan fingerprint density at radius 2 is 1.76 bits per heavy atom. The number of aliphatic hydroxyl groups is 1. The summed E-state index contributed by atoms with van der Waals surface area (Å²) in [6.45, 7) is -1.14. The fourth-order valence-electron chi connectivity index (χ4n) is 2.19. The Labute approximate surface area is 147 Å². The van der Waals surface area contributed by atoms with Crippen molar-refractivity contribution in [1.29, 1.82) is 5.26 Å². The van der Waals surface area contributed by atoms with E-state index in [1.165, 1.54) is 12.1 Å². The first-order valence-corrected chi connectivity index (χ1v) is 8.69.